The Kier molecular flexibility index (Phi) is 3.31. The van der Waals surface area contributed by atoms with E-state index in [4.69, 9.17) is 4.74 Å². The fourth-order valence-electron chi connectivity index (χ4n) is 2.24. The van der Waals surface area contributed by atoms with Gasteiger partial charge in [0.2, 0.25) is 12.0 Å². The molecule has 1 unspecified atom stereocenters. The summed E-state index contributed by atoms with van der Waals surface area (Å²) in [6, 6.07) is 14.5. The normalized spacial score (nSPS) is 16.4. The highest BCUT2D eigenvalue weighted by Gasteiger charge is 2.29. The summed E-state index contributed by atoms with van der Waals surface area (Å²) in [6.07, 6.45) is -0.662. The van der Waals surface area contributed by atoms with Crippen LogP contribution < -0.4 is 15.4 Å². The van der Waals surface area contributed by atoms with Gasteiger partial charge in [-0.05, 0) is 18.2 Å². The number of nitrogens with one attached hydrogen (secondary N) is 2. The molecule has 5 nitrogen and oxygen atoms in total. The van der Waals surface area contributed by atoms with E-state index < -0.39 is 6.10 Å². The van der Waals surface area contributed by atoms with Crippen LogP contribution in [0.2, 0.25) is 0 Å². The van der Waals surface area contributed by atoms with Crippen LogP contribution in [-0.4, -0.2) is 11.8 Å². The van der Waals surface area contributed by atoms with Crippen LogP contribution >= 0.6 is 0 Å². The molecule has 1 aliphatic heterocycles. The number of anilines is 2. The van der Waals surface area contributed by atoms with Crippen molar-refractivity contribution in [3.05, 3.63) is 54.1 Å². The first kappa shape index (κ1) is 13.2. The van der Waals surface area contributed by atoms with Crippen molar-refractivity contribution in [1.82, 2.24) is 0 Å². The van der Waals surface area contributed by atoms with Crippen molar-refractivity contribution in [2.45, 2.75) is 13.0 Å². The standard InChI is InChI=1S/C16H14N2O3/c1-10(19)17-12-7-8-14-13(9-12)18-16(20)15(21-14)11-5-3-2-4-6-11/h2-9,15H,1H3,(H,17,19)(H,18,20). The number of hydrogen-bond donors (Lipinski definition) is 2. The lowest BCUT2D eigenvalue weighted by molar-refractivity contribution is -0.123. The van der Waals surface area contributed by atoms with Gasteiger partial charge in [0.15, 0.2) is 0 Å². The zero-order chi connectivity index (χ0) is 14.8. The van der Waals surface area contributed by atoms with E-state index in [0.717, 1.165) is 5.56 Å². The first-order chi connectivity index (χ1) is 10.1. The second-order valence-corrected chi connectivity index (χ2v) is 4.79. The molecule has 2 aromatic carbocycles. The van der Waals surface area contributed by atoms with Crippen LogP contribution in [-0.2, 0) is 9.59 Å². The van der Waals surface area contributed by atoms with E-state index in [1.807, 2.05) is 30.3 Å². The summed E-state index contributed by atoms with van der Waals surface area (Å²) in [4.78, 5) is 23.2. The van der Waals surface area contributed by atoms with Gasteiger partial charge >= 0.3 is 0 Å². The van der Waals surface area contributed by atoms with Gasteiger partial charge in [-0.2, -0.15) is 0 Å². The zero-order valence-electron chi connectivity index (χ0n) is 11.4. The van der Waals surface area contributed by atoms with Crippen LogP contribution in [0, 0.1) is 0 Å². The third-order valence-corrected chi connectivity index (χ3v) is 3.14. The van der Waals surface area contributed by atoms with E-state index in [2.05, 4.69) is 10.6 Å². The summed E-state index contributed by atoms with van der Waals surface area (Å²) >= 11 is 0. The molecular weight excluding hydrogens is 268 g/mol. The molecule has 2 amide bonds. The summed E-state index contributed by atoms with van der Waals surface area (Å²) in [5.41, 5.74) is 1.97. The topological polar surface area (TPSA) is 67.4 Å². The molecule has 0 bridgehead atoms. The van der Waals surface area contributed by atoms with E-state index >= 15 is 0 Å². The molecule has 2 aromatic rings. The molecule has 1 atom stereocenters. The van der Waals surface area contributed by atoms with Crippen molar-refractivity contribution in [3.63, 3.8) is 0 Å². The fraction of sp³-hybridized carbons (Fsp3) is 0.125. The van der Waals surface area contributed by atoms with Crippen molar-refractivity contribution in [3.8, 4) is 5.75 Å². The van der Waals surface area contributed by atoms with Gasteiger partial charge in [-0.15, -0.1) is 0 Å². The summed E-state index contributed by atoms with van der Waals surface area (Å²) in [6.45, 7) is 1.43. The van der Waals surface area contributed by atoms with Crippen LogP contribution in [0.25, 0.3) is 0 Å². The van der Waals surface area contributed by atoms with Crippen LogP contribution in [0.4, 0.5) is 11.4 Å². The van der Waals surface area contributed by atoms with E-state index in [9.17, 15) is 9.59 Å². The lowest BCUT2D eigenvalue weighted by Gasteiger charge is -2.26. The average molecular weight is 282 g/mol. The Morgan fingerprint density at radius 2 is 1.95 bits per heavy atom. The first-order valence-corrected chi connectivity index (χ1v) is 6.57. The monoisotopic (exact) mass is 282 g/mol. The summed E-state index contributed by atoms with van der Waals surface area (Å²) < 4.78 is 5.77. The number of ether oxygens (including phenoxy) is 1. The molecule has 0 aromatic heterocycles. The maximum atomic E-state index is 12.2. The molecule has 0 radical (unpaired) electrons. The first-order valence-electron chi connectivity index (χ1n) is 6.57. The molecule has 106 valence electrons. The van der Waals surface area contributed by atoms with Gasteiger partial charge in [0.05, 0.1) is 5.69 Å². The van der Waals surface area contributed by atoms with Crippen LogP contribution in [0.3, 0.4) is 0 Å². The maximum Gasteiger partial charge on any atom is 0.270 e. The number of rotatable bonds is 2. The van der Waals surface area contributed by atoms with Crippen molar-refractivity contribution in [1.29, 1.82) is 0 Å². The summed E-state index contributed by atoms with van der Waals surface area (Å²) in [5.74, 6) is 0.186. The molecule has 2 N–H and O–H groups in total. The number of hydrogen-bond acceptors (Lipinski definition) is 3. The largest absolute Gasteiger partial charge is 0.474 e. The number of amides is 2. The van der Waals surface area contributed by atoms with Gasteiger partial charge in [-0.3, -0.25) is 9.59 Å². The predicted molar refractivity (Wildman–Crippen MR) is 79.2 cm³/mol. The Hall–Kier alpha value is -2.82. The lowest BCUT2D eigenvalue weighted by Crippen LogP contribution is -2.30. The molecule has 0 aliphatic carbocycles. The molecule has 1 heterocycles. The summed E-state index contributed by atoms with van der Waals surface area (Å²) in [5, 5.41) is 5.47. The number of carbonyl (C=O) groups is 2. The highest BCUT2D eigenvalue weighted by Crippen LogP contribution is 2.36. The van der Waals surface area contributed by atoms with E-state index in [1.54, 1.807) is 18.2 Å². The van der Waals surface area contributed by atoms with Crippen molar-refractivity contribution < 1.29 is 14.3 Å². The predicted octanol–water partition coefficient (Wildman–Crippen LogP) is 2.72. The molecular formula is C16H14N2O3. The Labute approximate surface area is 121 Å². The number of benzene rings is 2. The minimum atomic E-state index is -0.662. The van der Waals surface area contributed by atoms with Gasteiger partial charge in [0, 0.05) is 18.2 Å². The van der Waals surface area contributed by atoms with E-state index in [-0.39, 0.29) is 11.8 Å². The van der Waals surface area contributed by atoms with Crippen molar-refractivity contribution >= 4 is 23.2 Å². The Morgan fingerprint density at radius 1 is 1.19 bits per heavy atom. The van der Waals surface area contributed by atoms with E-state index in [1.165, 1.54) is 6.92 Å². The molecule has 3 rings (SSSR count). The van der Waals surface area contributed by atoms with E-state index in [0.29, 0.717) is 17.1 Å². The third-order valence-electron chi connectivity index (χ3n) is 3.14. The van der Waals surface area contributed by atoms with Gasteiger partial charge < -0.3 is 15.4 Å². The fourth-order valence-corrected chi connectivity index (χ4v) is 2.24. The minimum absolute atomic E-state index is 0.167. The lowest BCUT2D eigenvalue weighted by atomic mass is 10.1. The number of carbonyl (C=O) groups excluding carboxylic acids is 2. The third kappa shape index (κ3) is 2.72. The van der Waals surface area contributed by atoms with Crippen molar-refractivity contribution in [2.24, 2.45) is 0 Å². The van der Waals surface area contributed by atoms with Gasteiger partial charge in [0.25, 0.3) is 5.91 Å². The molecule has 0 saturated carbocycles. The molecule has 0 fully saturated rings. The Bertz CT molecular complexity index is 698. The van der Waals surface area contributed by atoms with Crippen LogP contribution in [0.1, 0.15) is 18.6 Å². The Morgan fingerprint density at radius 3 is 2.67 bits per heavy atom. The molecule has 5 heteroatoms. The quantitative estimate of drug-likeness (QED) is 0.890. The van der Waals surface area contributed by atoms with Gasteiger partial charge in [0.1, 0.15) is 5.75 Å². The zero-order valence-corrected chi connectivity index (χ0v) is 11.4. The molecule has 0 spiro atoms. The molecule has 1 aliphatic rings. The highest BCUT2D eigenvalue weighted by atomic mass is 16.5. The van der Waals surface area contributed by atoms with Crippen LogP contribution in [0.5, 0.6) is 5.75 Å². The Balaban J connectivity index is 1.89. The van der Waals surface area contributed by atoms with Crippen molar-refractivity contribution in [2.75, 3.05) is 10.6 Å². The minimum Gasteiger partial charge on any atom is -0.474 e. The maximum absolute atomic E-state index is 12.2. The molecule has 21 heavy (non-hydrogen) atoms. The van der Waals surface area contributed by atoms with Gasteiger partial charge in [-0.25, -0.2) is 0 Å². The van der Waals surface area contributed by atoms with Gasteiger partial charge in [-0.1, -0.05) is 30.3 Å². The smallest absolute Gasteiger partial charge is 0.270 e. The molecule has 0 saturated heterocycles. The summed E-state index contributed by atoms with van der Waals surface area (Å²) in [7, 11) is 0. The SMILES string of the molecule is CC(=O)Nc1ccc2c(c1)NC(=O)C(c1ccccc1)O2. The number of fused-ring (bicyclic) bond motifs is 1. The second kappa shape index (κ2) is 5.28. The highest BCUT2D eigenvalue weighted by molar-refractivity contribution is 5.99. The van der Waals surface area contributed by atoms with Crippen LogP contribution in [0.15, 0.2) is 48.5 Å². The average Bonchev–Trinajstić information content (AvgIpc) is 2.46. The second-order valence-electron chi connectivity index (χ2n) is 4.79.